The predicted molar refractivity (Wildman–Crippen MR) is 80.9 cm³/mol. The summed E-state index contributed by atoms with van der Waals surface area (Å²) in [6.07, 6.45) is -3.28. The van der Waals surface area contributed by atoms with Gasteiger partial charge in [0.05, 0.1) is 16.7 Å². The first-order chi connectivity index (χ1) is 11.0. The van der Waals surface area contributed by atoms with Gasteiger partial charge in [-0.25, -0.2) is 4.39 Å². The van der Waals surface area contributed by atoms with Gasteiger partial charge in [0, 0.05) is 11.9 Å². The Labute approximate surface area is 136 Å². The monoisotopic (exact) mass is 340 g/mol. The summed E-state index contributed by atoms with van der Waals surface area (Å²) in [5.74, 6) is -1.99. The zero-order valence-corrected chi connectivity index (χ0v) is 13.3. The summed E-state index contributed by atoms with van der Waals surface area (Å²) in [6.45, 7) is 5.09. The Morgan fingerprint density at radius 3 is 2.33 bits per heavy atom. The van der Waals surface area contributed by atoms with Crippen LogP contribution in [0.15, 0.2) is 36.5 Å². The molecule has 2 aromatic rings. The number of alkyl halides is 3. The van der Waals surface area contributed by atoms with Gasteiger partial charge in [0.15, 0.2) is 0 Å². The lowest BCUT2D eigenvalue weighted by molar-refractivity contribution is -0.138. The molecule has 0 fully saturated rings. The van der Waals surface area contributed by atoms with Gasteiger partial charge in [0.2, 0.25) is 0 Å². The van der Waals surface area contributed by atoms with E-state index in [2.05, 4.69) is 10.3 Å². The first kappa shape index (κ1) is 17.9. The molecule has 0 atom stereocenters. The molecule has 1 heterocycles. The van der Waals surface area contributed by atoms with E-state index in [4.69, 9.17) is 0 Å². The first-order valence-electron chi connectivity index (χ1n) is 7.13. The molecule has 1 amide bonds. The van der Waals surface area contributed by atoms with E-state index in [1.165, 1.54) is 0 Å². The highest BCUT2D eigenvalue weighted by molar-refractivity contribution is 5.96. The number of carbonyl (C=O) groups excluding carboxylic acids is 1. The lowest BCUT2D eigenvalue weighted by Gasteiger charge is -2.27. The molecule has 2 rings (SSSR count). The Bertz CT molecular complexity index is 752. The minimum atomic E-state index is -4.83. The van der Waals surface area contributed by atoms with E-state index < -0.39 is 34.6 Å². The molecular weight excluding hydrogens is 324 g/mol. The smallest absolute Gasteiger partial charge is 0.343 e. The second-order valence-corrected chi connectivity index (χ2v) is 5.96. The quantitative estimate of drug-likeness (QED) is 0.851. The van der Waals surface area contributed by atoms with E-state index in [9.17, 15) is 22.4 Å². The fourth-order valence-electron chi connectivity index (χ4n) is 2.21. The van der Waals surface area contributed by atoms with Crippen LogP contribution in [0.3, 0.4) is 0 Å². The van der Waals surface area contributed by atoms with Crippen LogP contribution in [-0.4, -0.2) is 10.9 Å². The predicted octanol–water partition coefficient (Wildman–Crippen LogP) is 4.21. The van der Waals surface area contributed by atoms with Crippen molar-refractivity contribution in [3.05, 3.63) is 64.7 Å². The highest BCUT2D eigenvalue weighted by Crippen LogP contribution is 2.33. The Balaban J connectivity index is 2.34. The molecule has 0 saturated heterocycles. The van der Waals surface area contributed by atoms with Crippen molar-refractivity contribution >= 4 is 5.91 Å². The molecule has 0 aliphatic heterocycles. The van der Waals surface area contributed by atoms with Crippen LogP contribution in [0.5, 0.6) is 0 Å². The molecule has 24 heavy (non-hydrogen) atoms. The number of carbonyl (C=O) groups is 1. The van der Waals surface area contributed by atoms with Crippen molar-refractivity contribution in [3.8, 4) is 0 Å². The number of aromatic nitrogens is 1. The molecule has 1 N–H and O–H groups in total. The van der Waals surface area contributed by atoms with Crippen LogP contribution in [0.1, 0.15) is 41.0 Å². The van der Waals surface area contributed by atoms with Crippen molar-refractivity contribution < 1.29 is 22.4 Å². The third kappa shape index (κ3) is 3.90. The summed E-state index contributed by atoms with van der Waals surface area (Å²) in [7, 11) is 0. The van der Waals surface area contributed by atoms with Crippen molar-refractivity contribution in [1.29, 1.82) is 0 Å². The van der Waals surface area contributed by atoms with Crippen molar-refractivity contribution in [2.75, 3.05) is 0 Å². The fraction of sp³-hybridized carbons (Fsp3) is 0.294. The topological polar surface area (TPSA) is 42.0 Å². The van der Waals surface area contributed by atoms with Gasteiger partial charge in [-0.1, -0.05) is 6.07 Å². The van der Waals surface area contributed by atoms with Crippen molar-refractivity contribution in [2.45, 2.75) is 32.5 Å². The lowest BCUT2D eigenvalue weighted by Crippen LogP contribution is -2.41. The van der Waals surface area contributed by atoms with E-state index in [1.54, 1.807) is 39.1 Å². The summed E-state index contributed by atoms with van der Waals surface area (Å²) in [5, 5.41) is 2.54. The maximum atomic E-state index is 13.1. The first-order valence-corrected chi connectivity index (χ1v) is 7.13. The maximum absolute atomic E-state index is 13.1. The second kappa shape index (κ2) is 6.22. The van der Waals surface area contributed by atoms with Crippen LogP contribution in [0.25, 0.3) is 0 Å². The van der Waals surface area contributed by atoms with Crippen LogP contribution in [0, 0.1) is 12.7 Å². The Hall–Kier alpha value is -2.44. The van der Waals surface area contributed by atoms with Gasteiger partial charge >= 0.3 is 6.18 Å². The summed E-state index contributed by atoms with van der Waals surface area (Å²) in [6, 6.07) is 5.44. The van der Waals surface area contributed by atoms with E-state index in [-0.39, 0.29) is 0 Å². The lowest BCUT2D eigenvalue weighted by atomic mass is 9.94. The van der Waals surface area contributed by atoms with E-state index >= 15 is 0 Å². The van der Waals surface area contributed by atoms with Crippen LogP contribution in [0.4, 0.5) is 17.6 Å². The Kier molecular flexibility index (Phi) is 4.64. The largest absolute Gasteiger partial charge is 0.417 e. The molecule has 128 valence electrons. The van der Waals surface area contributed by atoms with Gasteiger partial charge in [0.1, 0.15) is 5.82 Å². The number of nitrogens with zero attached hydrogens (tertiary/aromatic N) is 1. The zero-order valence-electron chi connectivity index (χ0n) is 13.3. The van der Waals surface area contributed by atoms with Gasteiger partial charge in [-0.2, -0.15) is 13.2 Å². The number of amides is 1. The molecule has 0 aliphatic rings. The number of hydrogen-bond donors (Lipinski definition) is 1. The number of pyridine rings is 1. The summed E-state index contributed by atoms with van der Waals surface area (Å²) in [5.41, 5.74) is -1.47. The average molecular weight is 340 g/mol. The summed E-state index contributed by atoms with van der Waals surface area (Å²) < 4.78 is 52.2. The standard InChI is InChI=1S/C17H16F4N2O/c1-10-4-5-11(9-22-10)16(2,3)23-15(24)13-7-6-12(18)8-14(13)17(19,20)21/h4-9H,1-3H3,(H,23,24). The molecule has 3 nitrogen and oxygen atoms in total. The van der Waals surface area contributed by atoms with Gasteiger partial charge in [-0.15, -0.1) is 0 Å². The average Bonchev–Trinajstić information content (AvgIpc) is 2.46. The molecule has 0 spiro atoms. The van der Waals surface area contributed by atoms with Gasteiger partial charge < -0.3 is 5.32 Å². The molecule has 0 saturated carbocycles. The molecule has 1 aromatic heterocycles. The minimum Gasteiger partial charge on any atom is -0.343 e. The van der Waals surface area contributed by atoms with Gasteiger partial charge in [-0.05, 0) is 50.6 Å². The van der Waals surface area contributed by atoms with E-state index in [0.717, 1.165) is 17.8 Å². The Morgan fingerprint density at radius 1 is 1.12 bits per heavy atom. The van der Waals surface area contributed by atoms with Crippen LogP contribution in [0.2, 0.25) is 0 Å². The van der Waals surface area contributed by atoms with Crippen LogP contribution < -0.4 is 5.32 Å². The molecule has 0 bridgehead atoms. The number of benzene rings is 1. The SMILES string of the molecule is Cc1ccc(C(C)(C)NC(=O)c2ccc(F)cc2C(F)(F)F)cn1. The molecule has 0 unspecified atom stereocenters. The van der Waals surface area contributed by atoms with Crippen molar-refractivity contribution in [2.24, 2.45) is 0 Å². The third-order valence-electron chi connectivity index (χ3n) is 3.59. The number of aryl methyl sites for hydroxylation is 1. The van der Waals surface area contributed by atoms with Gasteiger partial charge in [-0.3, -0.25) is 9.78 Å². The molecule has 0 radical (unpaired) electrons. The second-order valence-electron chi connectivity index (χ2n) is 5.96. The minimum absolute atomic E-state index is 0.315. The third-order valence-corrected chi connectivity index (χ3v) is 3.59. The highest BCUT2D eigenvalue weighted by Gasteiger charge is 2.36. The fourth-order valence-corrected chi connectivity index (χ4v) is 2.21. The van der Waals surface area contributed by atoms with Crippen LogP contribution in [-0.2, 0) is 11.7 Å². The molecular formula is C17H16F4N2O. The van der Waals surface area contributed by atoms with E-state index in [0.29, 0.717) is 11.6 Å². The number of rotatable bonds is 3. The van der Waals surface area contributed by atoms with Crippen LogP contribution >= 0.6 is 0 Å². The number of hydrogen-bond acceptors (Lipinski definition) is 2. The number of nitrogens with one attached hydrogen (secondary N) is 1. The number of halogens is 4. The maximum Gasteiger partial charge on any atom is 0.417 e. The van der Waals surface area contributed by atoms with Gasteiger partial charge in [0.25, 0.3) is 5.91 Å². The zero-order chi connectivity index (χ0) is 18.1. The molecule has 7 heteroatoms. The Morgan fingerprint density at radius 2 is 1.79 bits per heavy atom. The molecule has 0 aliphatic carbocycles. The van der Waals surface area contributed by atoms with E-state index in [1.807, 2.05) is 0 Å². The highest BCUT2D eigenvalue weighted by atomic mass is 19.4. The molecule has 1 aromatic carbocycles. The summed E-state index contributed by atoms with van der Waals surface area (Å²) in [4.78, 5) is 16.4. The van der Waals surface area contributed by atoms with Crippen molar-refractivity contribution in [1.82, 2.24) is 10.3 Å². The normalized spacial score (nSPS) is 12.1. The summed E-state index contributed by atoms with van der Waals surface area (Å²) >= 11 is 0. The van der Waals surface area contributed by atoms with Crippen molar-refractivity contribution in [3.63, 3.8) is 0 Å².